The van der Waals surface area contributed by atoms with Gasteiger partial charge in [-0.1, -0.05) is 24.3 Å². The molecule has 1 aromatic rings. The zero-order chi connectivity index (χ0) is 14.9. The smallest absolute Gasteiger partial charge is 0.325 e. The Labute approximate surface area is 124 Å². The third kappa shape index (κ3) is 2.21. The van der Waals surface area contributed by atoms with Crippen LogP contribution in [0.5, 0.6) is 0 Å². The Balaban J connectivity index is 2.01. The Morgan fingerprint density at radius 3 is 2.90 bits per heavy atom. The van der Waals surface area contributed by atoms with Gasteiger partial charge in [0.05, 0.1) is 13.2 Å². The first-order valence-electron chi connectivity index (χ1n) is 7.40. The molecule has 3 rings (SSSR count). The SMILES string of the molecule is COCCN1C(=O)N[C@]2(CCCCc3ccccc32)C1=O. The molecule has 0 unspecified atom stereocenters. The molecular weight excluding hydrogens is 268 g/mol. The predicted octanol–water partition coefficient (Wildman–Crippen LogP) is 1.81. The van der Waals surface area contributed by atoms with Gasteiger partial charge in [0, 0.05) is 7.11 Å². The minimum absolute atomic E-state index is 0.140. The molecule has 2 aliphatic rings. The van der Waals surface area contributed by atoms with E-state index in [1.54, 1.807) is 7.11 Å². The Kier molecular flexibility index (Phi) is 3.68. The highest BCUT2D eigenvalue weighted by Gasteiger charge is 2.52. The third-order valence-corrected chi connectivity index (χ3v) is 4.42. The van der Waals surface area contributed by atoms with E-state index in [9.17, 15) is 9.59 Å². The topological polar surface area (TPSA) is 58.6 Å². The number of rotatable bonds is 3. The number of hydrogen-bond donors (Lipinski definition) is 1. The van der Waals surface area contributed by atoms with Crippen molar-refractivity contribution in [3.63, 3.8) is 0 Å². The first kappa shape index (κ1) is 14.1. The summed E-state index contributed by atoms with van der Waals surface area (Å²) in [6.45, 7) is 0.655. The van der Waals surface area contributed by atoms with Gasteiger partial charge in [0.2, 0.25) is 0 Å². The molecule has 21 heavy (non-hydrogen) atoms. The summed E-state index contributed by atoms with van der Waals surface area (Å²) in [6.07, 6.45) is 3.59. The molecule has 3 amide bonds. The number of amides is 3. The number of nitrogens with zero attached hydrogens (tertiary/aromatic N) is 1. The highest BCUT2D eigenvalue weighted by molar-refractivity contribution is 6.07. The number of aryl methyl sites for hydroxylation is 1. The summed E-state index contributed by atoms with van der Waals surface area (Å²) < 4.78 is 5.00. The van der Waals surface area contributed by atoms with Crippen LogP contribution in [-0.4, -0.2) is 37.1 Å². The Morgan fingerprint density at radius 2 is 2.10 bits per heavy atom. The molecule has 1 N–H and O–H groups in total. The van der Waals surface area contributed by atoms with Crippen molar-refractivity contribution in [2.24, 2.45) is 0 Å². The van der Waals surface area contributed by atoms with Crippen molar-refractivity contribution in [2.45, 2.75) is 31.2 Å². The lowest BCUT2D eigenvalue weighted by Crippen LogP contribution is -2.44. The largest absolute Gasteiger partial charge is 0.383 e. The van der Waals surface area contributed by atoms with Gasteiger partial charge in [0.15, 0.2) is 0 Å². The molecule has 5 heteroatoms. The average molecular weight is 288 g/mol. The number of carbonyl (C=O) groups is 2. The van der Waals surface area contributed by atoms with Gasteiger partial charge in [-0.25, -0.2) is 4.79 Å². The average Bonchev–Trinajstić information content (AvgIpc) is 2.64. The molecule has 1 atom stereocenters. The number of methoxy groups -OCH3 is 1. The van der Waals surface area contributed by atoms with E-state index in [1.807, 2.05) is 18.2 Å². The zero-order valence-electron chi connectivity index (χ0n) is 12.2. The van der Waals surface area contributed by atoms with Crippen LogP contribution in [0.15, 0.2) is 24.3 Å². The molecule has 1 heterocycles. The number of ether oxygens (including phenoxy) is 1. The number of carbonyl (C=O) groups excluding carboxylic acids is 2. The Hall–Kier alpha value is -1.88. The van der Waals surface area contributed by atoms with E-state index >= 15 is 0 Å². The molecule has 0 bridgehead atoms. The summed E-state index contributed by atoms with van der Waals surface area (Å²) in [5.74, 6) is -0.140. The van der Waals surface area contributed by atoms with E-state index in [2.05, 4.69) is 11.4 Å². The summed E-state index contributed by atoms with van der Waals surface area (Å²) in [5, 5.41) is 2.96. The van der Waals surface area contributed by atoms with Crippen LogP contribution < -0.4 is 5.32 Å². The van der Waals surface area contributed by atoms with Gasteiger partial charge in [-0.2, -0.15) is 0 Å². The molecular formula is C16H20N2O3. The monoisotopic (exact) mass is 288 g/mol. The van der Waals surface area contributed by atoms with Crippen molar-refractivity contribution in [3.05, 3.63) is 35.4 Å². The van der Waals surface area contributed by atoms with Crippen LogP contribution in [0.2, 0.25) is 0 Å². The van der Waals surface area contributed by atoms with E-state index in [1.165, 1.54) is 4.90 Å². The van der Waals surface area contributed by atoms with Crippen LogP contribution in [0, 0.1) is 0 Å². The second-order valence-corrected chi connectivity index (χ2v) is 5.65. The standard InChI is InChI=1S/C16H20N2O3/c1-21-11-10-18-14(19)16(17-15(18)20)9-5-4-7-12-6-2-3-8-13(12)16/h2-3,6,8H,4-5,7,9-11H2,1H3,(H,17,20)/t16-/m0/s1. The molecule has 0 aromatic heterocycles. The molecule has 0 saturated carbocycles. The van der Waals surface area contributed by atoms with Crippen molar-refractivity contribution in [1.82, 2.24) is 10.2 Å². The van der Waals surface area contributed by atoms with Gasteiger partial charge >= 0.3 is 6.03 Å². The lowest BCUT2D eigenvalue weighted by Gasteiger charge is -2.27. The van der Waals surface area contributed by atoms with Gasteiger partial charge in [0.25, 0.3) is 5.91 Å². The van der Waals surface area contributed by atoms with E-state index in [0.717, 1.165) is 30.4 Å². The Bertz CT molecular complexity index is 572. The molecule has 5 nitrogen and oxygen atoms in total. The first-order valence-corrected chi connectivity index (χ1v) is 7.40. The van der Waals surface area contributed by atoms with Crippen LogP contribution in [-0.2, 0) is 21.5 Å². The van der Waals surface area contributed by atoms with Crippen LogP contribution in [0.4, 0.5) is 4.79 Å². The molecule has 1 fully saturated rings. The van der Waals surface area contributed by atoms with Crippen LogP contribution in [0.1, 0.15) is 30.4 Å². The minimum Gasteiger partial charge on any atom is -0.383 e. The summed E-state index contributed by atoms with van der Waals surface area (Å²) in [7, 11) is 1.56. The maximum Gasteiger partial charge on any atom is 0.325 e. The number of fused-ring (bicyclic) bond motifs is 2. The maximum absolute atomic E-state index is 12.9. The van der Waals surface area contributed by atoms with Crippen molar-refractivity contribution in [2.75, 3.05) is 20.3 Å². The van der Waals surface area contributed by atoms with Gasteiger partial charge in [0.1, 0.15) is 5.54 Å². The van der Waals surface area contributed by atoms with Gasteiger partial charge in [-0.05, 0) is 36.8 Å². The van der Waals surface area contributed by atoms with E-state index in [0.29, 0.717) is 19.6 Å². The lowest BCUT2D eigenvalue weighted by molar-refractivity contribution is -0.132. The van der Waals surface area contributed by atoms with Crippen LogP contribution >= 0.6 is 0 Å². The summed E-state index contributed by atoms with van der Waals surface area (Å²) in [6, 6.07) is 7.64. The molecule has 1 saturated heterocycles. The van der Waals surface area contributed by atoms with Crippen molar-refractivity contribution in [1.29, 1.82) is 0 Å². The molecule has 1 aromatic carbocycles. The Morgan fingerprint density at radius 1 is 1.29 bits per heavy atom. The third-order valence-electron chi connectivity index (χ3n) is 4.42. The summed E-state index contributed by atoms with van der Waals surface area (Å²) in [5.41, 5.74) is 1.25. The maximum atomic E-state index is 12.9. The fourth-order valence-electron chi connectivity index (χ4n) is 3.36. The minimum atomic E-state index is -0.877. The number of hydrogen-bond acceptors (Lipinski definition) is 3. The highest BCUT2D eigenvalue weighted by Crippen LogP contribution is 2.38. The quantitative estimate of drug-likeness (QED) is 0.863. The first-order chi connectivity index (χ1) is 10.2. The van der Waals surface area contributed by atoms with Crippen molar-refractivity contribution >= 4 is 11.9 Å². The summed E-state index contributed by atoms with van der Waals surface area (Å²) in [4.78, 5) is 26.4. The normalized spacial score (nSPS) is 24.9. The predicted molar refractivity (Wildman–Crippen MR) is 77.8 cm³/mol. The van der Waals surface area contributed by atoms with Gasteiger partial charge in [-0.3, -0.25) is 9.69 Å². The molecule has 112 valence electrons. The molecule has 1 aliphatic heterocycles. The van der Waals surface area contributed by atoms with E-state index in [4.69, 9.17) is 4.74 Å². The van der Waals surface area contributed by atoms with Crippen molar-refractivity contribution < 1.29 is 14.3 Å². The number of urea groups is 1. The van der Waals surface area contributed by atoms with E-state index in [-0.39, 0.29) is 11.9 Å². The number of benzene rings is 1. The van der Waals surface area contributed by atoms with E-state index < -0.39 is 5.54 Å². The number of nitrogens with one attached hydrogen (secondary N) is 1. The summed E-state index contributed by atoms with van der Waals surface area (Å²) >= 11 is 0. The molecule has 1 spiro atoms. The number of imide groups is 1. The second-order valence-electron chi connectivity index (χ2n) is 5.65. The van der Waals surface area contributed by atoms with Gasteiger partial charge in [-0.15, -0.1) is 0 Å². The molecule has 0 radical (unpaired) electrons. The highest BCUT2D eigenvalue weighted by atomic mass is 16.5. The zero-order valence-corrected chi connectivity index (χ0v) is 12.2. The second kappa shape index (κ2) is 5.48. The lowest BCUT2D eigenvalue weighted by atomic mass is 9.84. The van der Waals surface area contributed by atoms with Gasteiger partial charge < -0.3 is 10.1 Å². The fraction of sp³-hybridized carbons (Fsp3) is 0.500. The molecule has 1 aliphatic carbocycles. The fourth-order valence-corrected chi connectivity index (χ4v) is 3.36. The van der Waals surface area contributed by atoms with Crippen molar-refractivity contribution in [3.8, 4) is 0 Å². The van der Waals surface area contributed by atoms with Crippen LogP contribution in [0.3, 0.4) is 0 Å². The van der Waals surface area contributed by atoms with Crippen LogP contribution in [0.25, 0.3) is 0 Å².